The summed E-state index contributed by atoms with van der Waals surface area (Å²) in [5.74, 6) is 0.373. The van der Waals surface area contributed by atoms with Crippen LogP contribution in [0.15, 0.2) is 42.7 Å². The summed E-state index contributed by atoms with van der Waals surface area (Å²) in [6, 6.07) is 11.4. The number of carbonyl (C=O) groups excluding carboxylic acids is 2. The normalized spacial score (nSPS) is 14.7. The quantitative estimate of drug-likeness (QED) is 0.0339. The second-order valence-electron chi connectivity index (χ2n) is 15.3. The number of aromatic nitrogens is 4. The molecule has 19 heteroatoms. The molecule has 2 aliphatic rings. The van der Waals surface area contributed by atoms with Crippen molar-refractivity contribution in [1.82, 2.24) is 34.9 Å². The third-order valence-electron chi connectivity index (χ3n) is 10.7. The Morgan fingerprint density at radius 3 is 2.08 bits per heavy atom. The number of nitrogens with two attached hydrogens (primary N) is 3. The summed E-state index contributed by atoms with van der Waals surface area (Å²) in [5.41, 5.74) is 23.6. The van der Waals surface area contributed by atoms with Gasteiger partial charge in [0.15, 0.2) is 5.65 Å². The van der Waals surface area contributed by atoms with E-state index in [0.717, 1.165) is 43.5 Å². The van der Waals surface area contributed by atoms with Crippen molar-refractivity contribution < 1.29 is 43.1 Å². The highest BCUT2D eigenvalue weighted by Crippen LogP contribution is 2.34. The number of phenolic OH excluding ortho intramolecular Hbond substituents is 1. The Hall–Kier alpha value is -4.99. The highest BCUT2D eigenvalue weighted by molar-refractivity contribution is 5.98. The molecule has 0 aliphatic carbocycles. The molecule has 4 aromatic rings. The van der Waals surface area contributed by atoms with Crippen molar-refractivity contribution in [3.05, 3.63) is 59.4 Å². The lowest BCUT2D eigenvalue weighted by molar-refractivity contribution is -0.133. The second-order valence-corrected chi connectivity index (χ2v) is 15.3. The number of hydrogen-bond acceptors (Lipinski definition) is 16. The molecule has 8 N–H and O–H groups in total. The first-order valence-corrected chi connectivity index (χ1v) is 21.4. The Labute approximate surface area is 362 Å². The van der Waals surface area contributed by atoms with E-state index in [9.17, 15) is 14.7 Å². The van der Waals surface area contributed by atoms with Gasteiger partial charge in [-0.25, -0.2) is 14.6 Å². The highest BCUT2D eigenvalue weighted by atomic mass is 16.6. The van der Waals surface area contributed by atoms with Gasteiger partial charge in [-0.1, -0.05) is 18.2 Å². The third kappa shape index (κ3) is 14.3. The molecule has 1 saturated heterocycles. The maximum Gasteiger partial charge on any atom is 0.234 e. The van der Waals surface area contributed by atoms with Crippen LogP contribution in [0, 0.1) is 0 Å². The number of hydrogen-bond donors (Lipinski definition) is 5. The molecular weight excluding hydrogens is 801 g/mol. The van der Waals surface area contributed by atoms with Crippen molar-refractivity contribution in [2.45, 2.75) is 44.8 Å². The number of fused-ring (bicyclic) bond motifs is 2. The van der Waals surface area contributed by atoms with E-state index in [-0.39, 0.29) is 29.3 Å². The zero-order valence-corrected chi connectivity index (χ0v) is 35.5. The van der Waals surface area contributed by atoms with Crippen LogP contribution < -0.4 is 22.5 Å². The number of phenols is 1. The summed E-state index contributed by atoms with van der Waals surface area (Å²) >= 11 is 0. The topological polar surface area (TPSA) is 250 Å². The SMILES string of the molecule is Nc1cc(-c2nn(Cc3ccc4c(c3)CCN(C(=O)CCOCCOCCOCCOCCOCCOCCNC(=O)CN3CCC(N)CC3)C4)c3ncnc(N)c23)ccc1O. The van der Waals surface area contributed by atoms with Gasteiger partial charge in [-0.05, 0) is 54.2 Å². The molecule has 62 heavy (non-hydrogen) atoms. The molecule has 4 heterocycles. The van der Waals surface area contributed by atoms with E-state index in [4.69, 9.17) is 50.7 Å². The number of rotatable bonds is 26. The van der Waals surface area contributed by atoms with E-state index < -0.39 is 0 Å². The highest BCUT2D eigenvalue weighted by Gasteiger charge is 2.23. The van der Waals surface area contributed by atoms with Gasteiger partial charge in [0.25, 0.3) is 0 Å². The van der Waals surface area contributed by atoms with Gasteiger partial charge in [-0.15, -0.1) is 0 Å². The number of nitrogen functional groups attached to an aromatic ring is 2. The Balaban J connectivity index is 0.744. The minimum Gasteiger partial charge on any atom is -0.506 e. The van der Waals surface area contributed by atoms with Crippen LogP contribution in [0.1, 0.15) is 36.0 Å². The minimum atomic E-state index is -0.00567. The van der Waals surface area contributed by atoms with Crippen LogP contribution in [0.5, 0.6) is 5.75 Å². The number of amides is 2. The van der Waals surface area contributed by atoms with E-state index >= 15 is 0 Å². The molecule has 2 amide bonds. The van der Waals surface area contributed by atoms with Gasteiger partial charge in [0, 0.05) is 44.3 Å². The Morgan fingerprint density at radius 1 is 0.774 bits per heavy atom. The van der Waals surface area contributed by atoms with Crippen molar-refractivity contribution in [3.8, 4) is 17.0 Å². The van der Waals surface area contributed by atoms with Crippen molar-refractivity contribution in [1.29, 1.82) is 0 Å². The van der Waals surface area contributed by atoms with E-state index in [2.05, 4.69) is 32.3 Å². The van der Waals surface area contributed by atoms with Crippen LogP contribution in [0.4, 0.5) is 11.5 Å². The van der Waals surface area contributed by atoms with E-state index in [1.165, 1.54) is 18.0 Å². The Kier molecular flexibility index (Phi) is 18.5. The lowest BCUT2D eigenvalue weighted by Crippen LogP contribution is -2.45. The summed E-state index contributed by atoms with van der Waals surface area (Å²) in [7, 11) is 0. The number of ether oxygens (including phenoxy) is 6. The number of nitrogens with one attached hydrogen (secondary N) is 1. The lowest BCUT2D eigenvalue weighted by Gasteiger charge is -2.29. The summed E-state index contributed by atoms with van der Waals surface area (Å²) in [4.78, 5) is 37.7. The number of anilines is 2. The molecule has 0 unspecified atom stereocenters. The number of benzene rings is 2. The molecule has 338 valence electrons. The van der Waals surface area contributed by atoms with Crippen LogP contribution in [-0.2, 0) is 57.5 Å². The zero-order valence-electron chi connectivity index (χ0n) is 35.5. The van der Waals surface area contributed by atoms with Crippen LogP contribution in [0.25, 0.3) is 22.3 Å². The molecule has 0 atom stereocenters. The first-order chi connectivity index (χ1) is 30.2. The number of carbonyl (C=O) groups is 2. The van der Waals surface area contributed by atoms with Gasteiger partial charge >= 0.3 is 0 Å². The average Bonchev–Trinajstić information content (AvgIpc) is 3.64. The predicted molar refractivity (Wildman–Crippen MR) is 232 cm³/mol. The standard InChI is InChI=1S/C43H62N10O9/c44-35-6-10-51(11-7-35)29-38(55)47-9-14-58-16-18-60-20-22-62-24-23-61-21-19-59-17-15-57-13-8-39(56)52-12-5-32-25-31(1-2-34(32)28-52)27-53-43-40(42(46)48-30-49-43)41(50-53)33-3-4-37(54)36(45)26-33/h1-4,25-26,30,35,54H,5-24,27-29,44-45H2,(H,47,55)(H2,46,48,49). The number of aromatic hydroxyl groups is 1. The largest absolute Gasteiger partial charge is 0.506 e. The molecule has 0 bridgehead atoms. The van der Waals surface area contributed by atoms with Crippen LogP contribution in [0.2, 0.25) is 0 Å². The fraction of sp³-hybridized carbons (Fsp3) is 0.558. The molecule has 6 rings (SSSR count). The van der Waals surface area contributed by atoms with Gasteiger partial charge in [-0.2, -0.15) is 5.10 Å². The van der Waals surface area contributed by atoms with E-state index in [0.29, 0.717) is 147 Å². The van der Waals surface area contributed by atoms with Crippen molar-refractivity contribution >= 4 is 34.4 Å². The minimum absolute atomic E-state index is 0.00567. The van der Waals surface area contributed by atoms with Gasteiger partial charge in [-0.3, -0.25) is 14.5 Å². The molecule has 2 aliphatic heterocycles. The zero-order chi connectivity index (χ0) is 43.5. The molecule has 2 aromatic heterocycles. The second kappa shape index (κ2) is 24.6. The van der Waals surface area contributed by atoms with Gasteiger partial charge < -0.3 is 60.9 Å². The first kappa shape index (κ1) is 46.5. The average molecular weight is 863 g/mol. The number of piperidine rings is 1. The van der Waals surface area contributed by atoms with Crippen LogP contribution in [0.3, 0.4) is 0 Å². The molecule has 0 spiro atoms. The smallest absolute Gasteiger partial charge is 0.234 e. The van der Waals surface area contributed by atoms with Crippen LogP contribution in [-0.4, -0.2) is 165 Å². The summed E-state index contributed by atoms with van der Waals surface area (Å²) in [6.45, 7) is 9.49. The third-order valence-corrected chi connectivity index (χ3v) is 10.7. The van der Waals surface area contributed by atoms with Crippen molar-refractivity contribution in [3.63, 3.8) is 0 Å². The number of likely N-dealkylation sites (tertiary alicyclic amines) is 1. The molecule has 19 nitrogen and oxygen atoms in total. The maximum atomic E-state index is 13.0. The molecular formula is C43H62N10O9. The Bertz CT molecular complexity index is 2030. The molecule has 0 saturated carbocycles. The summed E-state index contributed by atoms with van der Waals surface area (Å²) in [6.07, 6.45) is 4.35. The van der Waals surface area contributed by atoms with E-state index in [1.54, 1.807) is 16.8 Å². The fourth-order valence-corrected chi connectivity index (χ4v) is 7.29. The summed E-state index contributed by atoms with van der Waals surface area (Å²) in [5, 5.41) is 18.3. The lowest BCUT2D eigenvalue weighted by atomic mass is 9.97. The molecule has 1 fully saturated rings. The molecule has 0 radical (unpaired) electrons. The first-order valence-electron chi connectivity index (χ1n) is 21.4. The van der Waals surface area contributed by atoms with Gasteiger partial charge in [0.05, 0.1) is 110 Å². The maximum absolute atomic E-state index is 13.0. The predicted octanol–water partition coefficient (Wildman–Crippen LogP) is 1.33. The fourth-order valence-electron chi connectivity index (χ4n) is 7.29. The van der Waals surface area contributed by atoms with Gasteiger partial charge in [0.1, 0.15) is 23.6 Å². The summed E-state index contributed by atoms with van der Waals surface area (Å²) < 4.78 is 35.1. The number of nitrogens with zero attached hydrogens (tertiary/aromatic N) is 6. The van der Waals surface area contributed by atoms with Gasteiger partial charge in [0.2, 0.25) is 11.8 Å². The van der Waals surface area contributed by atoms with E-state index in [1.807, 2.05) is 11.0 Å². The van der Waals surface area contributed by atoms with Crippen LogP contribution >= 0.6 is 0 Å². The monoisotopic (exact) mass is 862 g/mol. The molecule has 2 aromatic carbocycles. The Morgan fingerprint density at radius 2 is 1.42 bits per heavy atom. The van der Waals surface area contributed by atoms with Crippen molar-refractivity contribution in [2.24, 2.45) is 5.73 Å². The van der Waals surface area contributed by atoms with Crippen molar-refractivity contribution in [2.75, 3.05) is 123 Å².